The summed E-state index contributed by atoms with van der Waals surface area (Å²) in [5, 5.41) is 3.19. The first kappa shape index (κ1) is 16.7. The molecule has 0 radical (unpaired) electrons. The second-order valence-electron chi connectivity index (χ2n) is 5.39. The van der Waals surface area contributed by atoms with Gasteiger partial charge in [0.1, 0.15) is 5.82 Å². The Bertz CT molecular complexity index is 589. The van der Waals surface area contributed by atoms with Gasteiger partial charge in [-0.25, -0.2) is 17.5 Å². The fourth-order valence-electron chi connectivity index (χ4n) is 2.01. The van der Waals surface area contributed by atoms with Crippen LogP contribution in [-0.4, -0.2) is 32.5 Å². The van der Waals surface area contributed by atoms with Gasteiger partial charge in [-0.2, -0.15) is 11.8 Å². The van der Waals surface area contributed by atoms with Gasteiger partial charge in [0.2, 0.25) is 10.0 Å². The minimum atomic E-state index is -3.60. The van der Waals surface area contributed by atoms with Crippen LogP contribution in [0.5, 0.6) is 0 Å². The van der Waals surface area contributed by atoms with Crippen molar-refractivity contribution in [1.82, 2.24) is 10.0 Å². The monoisotopic (exact) mass is 332 g/mol. The molecule has 1 aliphatic carbocycles. The van der Waals surface area contributed by atoms with Crippen molar-refractivity contribution in [2.75, 3.05) is 12.0 Å². The number of sulfonamides is 1. The lowest BCUT2D eigenvalue weighted by Crippen LogP contribution is -2.34. The Morgan fingerprint density at radius 3 is 2.76 bits per heavy atom. The number of thioether (sulfide) groups is 1. The van der Waals surface area contributed by atoms with Gasteiger partial charge < -0.3 is 5.32 Å². The predicted octanol–water partition coefficient (Wildman–Crippen LogP) is 2.11. The predicted molar refractivity (Wildman–Crippen MR) is 84.4 cm³/mol. The molecule has 0 bridgehead atoms. The Morgan fingerprint density at radius 1 is 1.43 bits per heavy atom. The second kappa shape index (κ2) is 7.09. The van der Waals surface area contributed by atoms with Crippen molar-refractivity contribution in [2.24, 2.45) is 0 Å². The minimum Gasteiger partial charge on any atom is -0.310 e. The third kappa shape index (κ3) is 4.95. The summed E-state index contributed by atoms with van der Waals surface area (Å²) in [6.07, 6.45) is 4.13. The van der Waals surface area contributed by atoms with Crippen LogP contribution in [-0.2, 0) is 16.6 Å². The average molecular weight is 332 g/mol. The molecule has 1 aliphatic rings. The quantitative estimate of drug-likeness (QED) is 0.765. The average Bonchev–Trinajstić information content (AvgIpc) is 3.21. The fraction of sp³-hybridized carbons (Fsp3) is 0.571. The maximum atomic E-state index is 13.8. The highest BCUT2D eigenvalue weighted by Gasteiger charge is 2.22. The highest BCUT2D eigenvalue weighted by Crippen LogP contribution is 2.21. The molecule has 1 aromatic carbocycles. The molecule has 0 spiro atoms. The summed E-state index contributed by atoms with van der Waals surface area (Å²) < 4.78 is 40.9. The van der Waals surface area contributed by atoms with Gasteiger partial charge in [0, 0.05) is 29.9 Å². The molecule has 7 heteroatoms. The molecule has 1 unspecified atom stereocenters. The Labute approximate surface area is 129 Å². The molecule has 1 aromatic rings. The first-order chi connectivity index (χ1) is 9.92. The number of rotatable bonds is 8. The van der Waals surface area contributed by atoms with Crippen molar-refractivity contribution in [3.8, 4) is 0 Å². The van der Waals surface area contributed by atoms with E-state index in [1.165, 1.54) is 18.2 Å². The lowest BCUT2D eigenvalue weighted by Gasteiger charge is -2.14. The van der Waals surface area contributed by atoms with E-state index in [9.17, 15) is 12.8 Å². The summed E-state index contributed by atoms with van der Waals surface area (Å²) in [5.41, 5.74) is 0.391. The molecule has 0 aliphatic heterocycles. The van der Waals surface area contributed by atoms with Gasteiger partial charge in [0.05, 0.1) is 4.90 Å². The number of halogens is 1. The van der Waals surface area contributed by atoms with Crippen LogP contribution < -0.4 is 10.0 Å². The smallest absolute Gasteiger partial charge is 0.240 e. The van der Waals surface area contributed by atoms with Crippen LogP contribution in [0.2, 0.25) is 0 Å². The van der Waals surface area contributed by atoms with Crippen molar-refractivity contribution in [3.05, 3.63) is 29.6 Å². The highest BCUT2D eigenvalue weighted by molar-refractivity contribution is 7.98. The van der Waals surface area contributed by atoms with E-state index in [0.717, 1.165) is 12.8 Å². The van der Waals surface area contributed by atoms with E-state index in [1.54, 1.807) is 11.8 Å². The van der Waals surface area contributed by atoms with E-state index in [0.29, 0.717) is 23.9 Å². The highest BCUT2D eigenvalue weighted by atomic mass is 32.2. The lowest BCUT2D eigenvalue weighted by atomic mass is 10.2. The molecule has 0 heterocycles. The van der Waals surface area contributed by atoms with Crippen LogP contribution >= 0.6 is 11.8 Å². The molecular formula is C14H21FN2O2S2. The Morgan fingerprint density at radius 2 is 2.14 bits per heavy atom. The number of hydrogen-bond donors (Lipinski definition) is 2. The van der Waals surface area contributed by atoms with Gasteiger partial charge in [0.15, 0.2) is 0 Å². The molecule has 0 aromatic heterocycles. The van der Waals surface area contributed by atoms with Gasteiger partial charge in [-0.1, -0.05) is 0 Å². The van der Waals surface area contributed by atoms with Crippen LogP contribution in [0, 0.1) is 5.82 Å². The zero-order valence-electron chi connectivity index (χ0n) is 12.2. The van der Waals surface area contributed by atoms with Crippen molar-refractivity contribution < 1.29 is 12.8 Å². The summed E-state index contributed by atoms with van der Waals surface area (Å²) in [7, 11) is -3.60. The van der Waals surface area contributed by atoms with E-state index < -0.39 is 10.0 Å². The van der Waals surface area contributed by atoms with Crippen molar-refractivity contribution in [2.45, 2.75) is 43.3 Å². The molecular weight excluding hydrogens is 311 g/mol. The molecule has 0 amide bonds. The molecule has 21 heavy (non-hydrogen) atoms. The molecule has 0 saturated heterocycles. The standard InChI is InChI=1S/C14H21FN2O2S2/c1-10(9-20-2)17-21(18,19)13-5-6-14(15)11(7-13)8-16-12-3-4-12/h5-7,10,12,16-17H,3-4,8-9H2,1-2H3. The Kier molecular flexibility index (Phi) is 5.65. The first-order valence-electron chi connectivity index (χ1n) is 6.95. The van der Waals surface area contributed by atoms with Gasteiger partial charge in [-0.05, 0) is 44.2 Å². The summed E-state index contributed by atoms with van der Waals surface area (Å²) in [6, 6.07) is 4.23. The zero-order chi connectivity index (χ0) is 15.5. The summed E-state index contributed by atoms with van der Waals surface area (Å²) in [4.78, 5) is 0.115. The molecule has 1 atom stereocenters. The van der Waals surface area contributed by atoms with Gasteiger partial charge in [-0.3, -0.25) is 0 Å². The van der Waals surface area contributed by atoms with E-state index in [4.69, 9.17) is 0 Å². The molecule has 2 rings (SSSR count). The molecule has 1 fully saturated rings. The van der Waals surface area contributed by atoms with Crippen LogP contribution in [0.1, 0.15) is 25.3 Å². The van der Waals surface area contributed by atoms with E-state index in [-0.39, 0.29) is 16.8 Å². The SMILES string of the molecule is CSCC(C)NS(=O)(=O)c1ccc(F)c(CNC2CC2)c1. The topological polar surface area (TPSA) is 58.2 Å². The fourth-order valence-corrected chi connectivity index (χ4v) is 3.99. The van der Waals surface area contributed by atoms with Gasteiger partial charge in [0.25, 0.3) is 0 Å². The first-order valence-corrected chi connectivity index (χ1v) is 9.83. The van der Waals surface area contributed by atoms with Gasteiger partial charge >= 0.3 is 0 Å². The van der Waals surface area contributed by atoms with Crippen molar-refractivity contribution >= 4 is 21.8 Å². The summed E-state index contributed by atoms with van der Waals surface area (Å²) in [6.45, 7) is 2.17. The summed E-state index contributed by atoms with van der Waals surface area (Å²) in [5.74, 6) is 0.315. The van der Waals surface area contributed by atoms with Crippen LogP contribution in [0.3, 0.4) is 0 Å². The van der Waals surface area contributed by atoms with Crippen LogP contribution in [0.4, 0.5) is 4.39 Å². The molecule has 118 valence electrons. The number of nitrogens with one attached hydrogen (secondary N) is 2. The number of hydrogen-bond acceptors (Lipinski definition) is 4. The number of benzene rings is 1. The maximum Gasteiger partial charge on any atom is 0.240 e. The van der Waals surface area contributed by atoms with E-state index >= 15 is 0 Å². The molecule has 4 nitrogen and oxygen atoms in total. The van der Waals surface area contributed by atoms with Crippen molar-refractivity contribution in [3.63, 3.8) is 0 Å². The molecule has 2 N–H and O–H groups in total. The van der Waals surface area contributed by atoms with Crippen LogP contribution in [0.25, 0.3) is 0 Å². The normalized spacial score (nSPS) is 16.9. The van der Waals surface area contributed by atoms with E-state index in [1.807, 2.05) is 13.2 Å². The van der Waals surface area contributed by atoms with Crippen molar-refractivity contribution in [1.29, 1.82) is 0 Å². The maximum absolute atomic E-state index is 13.8. The largest absolute Gasteiger partial charge is 0.310 e. The summed E-state index contributed by atoms with van der Waals surface area (Å²) >= 11 is 1.57. The minimum absolute atomic E-state index is 0.115. The third-order valence-electron chi connectivity index (χ3n) is 3.26. The second-order valence-corrected chi connectivity index (χ2v) is 8.01. The van der Waals surface area contributed by atoms with Gasteiger partial charge in [-0.15, -0.1) is 0 Å². The Balaban J connectivity index is 2.12. The molecule has 1 saturated carbocycles. The lowest BCUT2D eigenvalue weighted by molar-refractivity contribution is 0.567. The Hall–Kier alpha value is -0.630. The third-order valence-corrected chi connectivity index (χ3v) is 5.68. The van der Waals surface area contributed by atoms with Crippen LogP contribution in [0.15, 0.2) is 23.1 Å². The van der Waals surface area contributed by atoms with E-state index in [2.05, 4.69) is 10.0 Å². The zero-order valence-corrected chi connectivity index (χ0v) is 13.9.